The van der Waals surface area contributed by atoms with Crippen LogP contribution in [0.1, 0.15) is 73.1 Å². The fraction of sp³-hybridized carbons (Fsp3) is 0.900. The number of hydrogen-bond donors (Lipinski definition) is 1. The minimum atomic E-state index is -1.68. The van der Waals surface area contributed by atoms with Crippen LogP contribution in [0.2, 0.25) is 18.1 Å². The van der Waals surface area contributed by atoms with Gasteiger partial charge in [-0.3, -0.25) is 0 Å². The van der Waals surface area contributed by atoms with Crippen molar-refractivity contribution < 1.29 is 9.53 Å². The molecule has 1 fully saturated rings. The van der Waals surface area contributed by atoms with Crippen LogP contribution < -0.4 is 0 Å². The molecule has 3 atom stereocenters. The molecule has 2 nitrogen and oxygen atoms in total. The summed E-state index contributed by atoms with van der Waals surface area (Å²) in [6.07, 6.45) is 7.94. The van der Waals surface area contributed by atoms with Crippen molar-refractivity contribution in [2.75, 3.05) is 6.61 Å². The molecule has 1 rings (SSSR count). The smallest absolute Gasteiger partial charge is 0.191 e. The first-order valence-electron chi connectivity index (χ1n) is 9.37. The number of hydrogen-bond acceptors (Lipinski definition) is 2. The van der Waals surface area contributed by atoms with E-state index < -0.39 is 13.9 Å². The van der Waals surface area contributed by atoms with E-state index in [0.29, 0.717) is 5.92 Å². The van der Waals surface area contributed by atoms with Gasteiger partial charge in [-0.25, -0.2) is 0 Å². The third-order valence-electron chi connectivity index (χ3n) is 6.95. The fourth-order valence-corrected chi connectivity index (χ4v) is 4.86. The zero-order valence-corrected chi connectivity index (χ0v) is 17.7. The van der Waals surface area contributed by atoms with Gasteiger partial charge in [-0.15, -0.1) is 6.58 Å². The van der Waals surface area contributed by atoms with Crippen LogP contribution in [0.5, 0.6) is 0 Å². The first-order chi connectivity index (χ1) is 10.4. The van der Waals surface area contributed by atoms with E-state index >= 15 is 0 Å². The lowest BCUT2D eigenvalue weighted by Crippen LogP contribution is -2.53. The van der Waals surface area contributed by atoms with Gasteiger partial charge in [-0.2, -0.15) is 0 Å². The van der Waals surface area contributed by atoms with Crippen LogP contribution in [-0.4, -0.2) is 25.6 Å². The second-order valence-electron chi connectivity index (χ2n) is 9.45. The van der Waals surface area contributed by atoms with E-state index in [4.69, 9.17) is 4.43 Å². The molecule has 0 amide bonds. The highest BCUT2D eigenvalue weighted by Crippen LogP contribution is 2.52. The van der Waals surface area contributed by atoms with E-state index in [0.717, 1.165) is 38.7 Å². The van der Waals surface area contributed by atoms with Gasteiger partial charge in [0.1, 0.15) is 0 Å². The monoisotopic (exact) mass is 340 g/mol. The molecule has 0 aromatic rings. The standard InChI is InChI=1S/C20H40O2Si/c1-9-13-19(6)17(2)12-10-14-20(19,21)15-11-16-22-23(7,8)18(3,4)5/h9,17,21H,1,10-16H2,2-8H3/t17-,19+,20+/m0/s1. The Hall–Kier alpha value is -0.123. The number of aliphatic hydroxyl groups is 1. The van der Waals surface area contributed by atoms with Crippen LogP contribution in [-0.2, 0) is 4.43 Å². The highest BCUT2D eigenvalue weighted by atomic mass is 28.4. The molecule has 0 radical (unpaired) electrons. The second kappa shape index (κ2) is 7.41. The van der Waals surface area contributed by atoms with Gasteiger partial charge in [-0.1, -0.05) is 47.1 Å². The van der Waals surface area contributed by atoms with Gasteiger partial charge in [0, 0.05) is 12.0 Å². The van der Waals surface area contributed by atoms with Crippen LogP contribution >= 0.6 is 0 Å². The molecule has 1 aliphatic rings. The summed E-state index contributed by atoms with van der Waals surface area (Å²) >= 11 is 0. The molecule has 0 aliphatic heterocycles. The van der Waals surface area contributed by atoms with E-state index in [1.807, 2.05) is 6.08 Å². The largest absolute Gasteiger partial charge is 0.417 e. The fourth-order valence-electron chi connectivity index (χ4n) is 3.77. The van der Waals surface area contributed by atoms with E-state index in [9.17, 15) is 5.11 Å². The Morgan fingerprint density at radius 2 is 1.96 bits per heavy atom. The molecule has 0 saturated heterocycles. The minimum Gasteiger partial charge on any atom is -0.417 e. The quantitative estimate of drug-likeness (QED) is 0.354. The summed E-state index contributed by atoms with van der Waals surface area (Å²) < 4.78 is 6.29. The van der Waals surface area contributed by atoms with E-state index in [2.05, 4.69) is 54.3 Å². The predicted octanol–water partition coefficient (Wildman–Crippen LogP) is 5.92. The van der Waals surface area contributed by atoms with Crippen molar-refractivity contribution in [3.8, 4) is 0 Å². The summed E-state index contributed by atoms with van der Waals surface area (Å²) in [6.45, 7) is 20.7. The lowest BCUT2D eigenvalue weighted by molar-refractivity contribution is -0.138. The first-order valence-corrected chi connectivity index (χ1v) is 12.3. The molecule has 0 unspecified atom stereocenters. The Bertz CT molecular complexity index is 399. The molecular formula is C20H40O2Si. The molecule has 0 heterocycles. The lowest BCUT2D eigenvalue weighted by Gasteiger charge is -2.52. The Morgan fingerprint density at radius 1 is 1.35 bits per heavy atom. The molecule has 0 spiro atoms. The SMILES string of the molecule is C=CC[C@]1(C)[C@@H](C)CCC[C@@]1(O)CCCO[Si](C)(C)C(C)(C)C. The van der Waals surface area contributed by atoms with Crippen molar-refractivity contribution in [3.05, 3.63) is 12.7 Å². The first kappa shape index (κ1) is 20.9. The number of rotatable bonds is 7. The summed E-state index contributed by atoms with van der Waals surface area (Å²) in [5.41, 5.74) is -0.625. The molecule has 1 N–H and O–H groups in total. The summed E-state index contributed by atoms with van der Waals surface area (Å²) in [5, 5.41) is 11.6. The zero-order valence-electron chi connectivity index (χ0n) is 16.7. The summed E-state index contributed by atoms with van der Waals surface area (Å²) in [7, 11) is -1.68. The molecule has 1 saturated carbocycles. The van der Waals surface area contributed by atoms with Crippen LogP contribution in [0.25, 0.3) is 0 Å². The van der Waals surface area contributed by atoms with Gasteiger partial charge in [0.25, 0.3) is 0 Å². The molecule has 0 bridgehead atoms. The van der Waals surface area contributed by atoms with Crippen LogP contribution in [0.15, 0.2) is 12.7 Å². The van der Waals surface area contributed by atoms with Crippen molar-refractivity contribution in [3.63, 3.8) is 0 Å². The molecule has 136 valence electrons. The second-order valence-corrected chi connectivity index (χ2v) is 14.3. The molecular weight excluding hydrogens is 300 g/mol. The van der Waals surface area contributed by atoms with Crippen LogP contribution in [0.4, 0.5) is 0 Å². The summed E-state index contributed by atoms with van der Waals surface area (Å²) in [5.74, 6) is 0.542. The van der Waals surface area contributed by atoms with Gasteiger partial charge >= 0.3 is 0 Å². The van der Waals surface area contributed by atoms with Crippen molar-refractivity contribution >= 4 is 8.32 Å². The molecule has 23 heavy (non-hydrogen) atoms. The lowest BCUT2D eigenvalue weighted by atomic mass is 9.56. The third-order valence-corrected chi connectivity index (χ3v) is 11.5. The third kappa shape index (κ3) is 4.49. The highest BCUT2D eigenvalue weighted by Gasteiger charge is 2.50. The Balaban J connectivity index is 2.65. The van der Waals surface area contributed by atoms with Crippen LogP contribution in [0.3, 0.4) is 0 Å². The predicted molar refractivity (Wildman–Crippen MR) is 103 cm³/mol. The van der Waals surface area contributed by atoms with E-state index in [1.165, 1.54) is 6.42 Å². The summed E-state index contributed by atoms with van der Waals surface area (Å²) in [4.78, 5) is 0. The highest BCUT2D eigenvalue weighted by molar-refractivity contribution is 6.74. The van der Waals surface area contributed by atoms with E-state index in [-0.39, 0.29) is 10.5 Å². The van der Waals surface area contributed by atoms with Gasteiger partial charge in [0.2, 0.25) is 0 Å². The van der Waals surface area contributed by atoms with E-state index in [1.54, 1.807) is 0 Å². The normalized spacial score (nSPS) is 32.8. The van der Waals surface area contributed by atoms with Crippen LogP contribution in [0, 0.1) is 11.3 Å². The molecule has 0 aromatic carbocycles. The zero-order chi connectivity index (χ0) is 17.9. The molecule has 0 aromatic heterocycles. The van der Waals surface area contributed by atoms with Gasteiger partial charge in [-0.05, 0) is 56.2 Å². The number of allylic oxidation sites excluding steroid dienone is 1. The van der Waals surface area contributed by atoms with Gasteiger partial charge in [0.15, 0.2) is 8.32 Å². The maximum Gasteiger partial charge on any atom is 0.191 e. The Morgan fingerprint density at radius 3 is 2.48 bits per heavy atom. The Kier molecular flexibility index (Phi) is 6.74. The minimum absolute atomic E-state index is 0.0516. The van der Waals surface area contributed by atoms with Gasteiger partial charge < -0.3 is 9.53 Å². The van der Waals surface area contributed by atoms with Crippen molar-refractivity contribution in [2.24, 2.45) is 11.3 Å². The Labute approximate surface area is 145 Å². The average molecular weight is 341 g/mol. The maximum absolute atomic E-state index is 11.4. The molecule has 3 heteroatoms. The average Bonchev–Trinajstić information content (AvgIpc) is 2.41. The van der Waals surface area contributed by atoms with Crippen molar-refractivity contribution in [1.29, 1.82) is 0 Å². The maximum atomic E-state index is 11.4. The topological polar surface area (TPSA) is 29.5 Å². The molecule has 1 aliphatic carbocycles. The summed E-state index contributed by atoms with van der Waals surface area (Å²) in [6, 6.07) is 0. The van der Waals surface area contributed by atoms with Crippen molar-refractivity contribution in [2.45, 2.75) is 96.9 Å². The van der Waals surface area contributed by atoms with Crippen molar-refractivity contribution in [1.82, 2.24) is 0 Å². The van der Waals surface area contributed by atoms with Gasteiger partial charge in [0.05, 0.1) is 5.60 Å².